The van der Waals surface area contributed by atoms with Gasteiger partial charge in [-0.05, 0) is 51.4 Å². The summed E-state index contributed by atoms with van der Waals surface area (Å²) in [6.45, 7) is 5.78. The largest absolute Gasteiger partial charge is 1.00 e. The molecular weight excluding hydrogens is 506 g/mol. The Bertz CT molecular complexity index is 401. The summed E-state index contributed by atoms with van der Waals surface area (Å²) >= 11 is 0. The molecule has 228 valence electrons. The summed E-state index contributed by atoms with van der Waals surface area (Å²) in [6, 6.07) is 0. The maximum Gasteiger partial charge on any atom is 1.00 e. The van der Waals surface area contributed by atoms with Crippen LogP contribution in [0.15, 0.2) is 24.3 Å². The van der Waals surface area contributed by atoms with Gasteiger partial charge in [-0.3, -0.25) is 0 Å². The van der Waals surface area contributed by atoms with Crippen molar-refractivity contribution >= 4 is 0 Å². The van der Waals surface area contributed by atoms with Crippen molar-refractivity contribution in [2.75, 3.05) is 13.1 Å². The van der Waals surface area contributed by atoms with E-state index in [1.54, 1.807) is 0 Å². The van der Waals surface area contributed by atoms with E-state index in [2.05, 4.69) is 38.2 Å². The van der Waals surface area contributed by atoms with Crippen molar-refractivity contribution in [3.05, 3.63) is 35.8 Å². The zero-order chi connectivity index (χ0) is 28.0. The van der Waals surface area contributed by atoms with Gasteiger partial charge in [0.15, 0.2) is 0 Å². The Morgan fingerprint density at radius 3 is 0.725 bits per heavy atom. The summed E-state index contributed by atoms with van der Waals surface area (Å²) in [7, 11) is 0. The summed E-state index contributed by atoms with van der Waals surface area (Å²) in [6.07, 6.45) is 47.1. The molecule has 0 unspecified atom stereocenters. The number of hydrogen-bond donors (Lipinski definition) is 0. The molecule has 0 aliphatic rings. The van der Waals surface area contributed by atoms with Gasteiger partial charge in [0.1, 0.15) is 0 Å². The molecular formula is C36H72N2Na2. The van der Waals surface area contributed by atoms with E-state index in [0.29, 0.717) is 13.1 Å². The normalized spacial score (nSPS) is 10.9. The number of allylic oxidation sites excluding steroid dienone is 4. The van der Waals surface area contributed by atoms with Gasteiger partial charge in [-0.15, -0.1) is 0 Å². The Morgan fingerprint density at radius 1 is 0.300 bits per heavy atom. The second-order valence-corrected chi connectivity index (χ2v) is 11.4. The molecule has 0 aliphatic carbocycles. The topological polar surface area (TPSA) is 47.6 Å². The van der Waals surface area contributed by atoms with Crippen molar-refractivity contribution in [2.45, 2.75) is 194 Å². The maximum atomic E-state index is 7.07. The third-order valence-corrected chi connectivity index (χ3v) is 7.38. The van der Waals surface area contributed by atoms with Crippen LogP contribution < -0.4 is 59.1 Å². The Balaban J connectivity index is -0.000000309. The number of hydrogen-bond acceptors (Lipinski definition) is 0. The SMILES string of the molecule is CCCCCCCC/C=C\CCCCCCCC[NH-].CCCCCCCC/C=C\CCCCCCCC[NH-].[Na+].[Na+]. The monoisotopic (exact) mass is 579 g/mol. The van der Waals surface area contributed by atoms with Crippen LogP contribution >= 0.6 is 0 Å². The van der Waals surface area contributed by atoms with E-state index in [1.807, 2.05) is 0 Å². The Hall–Kier alpha value is 1.40. The van der Waals surface area contributed by atoms with Gasteiger partial charge >= 0.3 is 59.1 Å². The summed E-state index contributed by atoms with van der Waals surface area (Å²) in [5.74, 6) is 0. The standard InChI is InChI=1S/2C18H36N.2Na/c2*1-2-3-4-5-6-7-8-9-10-11-12-13-14-15-16-17-18-19;;/h2*9-10,19H,2-8,11-18H2,1H3;;/q2*-1;2*+1/b2*10-9-;;. The van der Waals surface area contributed by atoms with Crippen LogP contribution in [0, 0.1) is 0 Å². The van der Waals surface area contributed by atoms with Crippen molar-refractivity contribution in [3.63, 3.8) is 0 Å². The maximum absolute atomic E-state index is 7.07. The van der Waals surface area contributed by atoms with Gasteiger partial charge in [0.2, 0.25) is 0 Å². The Labute approximate surface area is 299 Å². The molecule has 2 nitrogen and oxygen atoms in total. The van der Waals surface area contributed by atoms with Crippen molar-refractivity contribution in [1.29, 1.82) is 0 Å². The van der Waals surface area contributed by atoms with E-state index in [0.717, 1.165) is 12.8 Å². The van der Waals surface area contributed by atoms with Gasteiger partial charge in [0.05, 0.1) is 0 Å². The molecule has 0 radical (unpaired) electrons. The number of nitrogens with one attached hydrogen (secondary N) is 2. The summed E-state index contributed by atoms with van der Waals surface area (Å²) in [4.78, 5) is 0. The molecule has 0 bridgehead atoms. The molecule has 0 atom stereocenters. The molecule has 0 amide bonds. The second kappa shape index (κ2) is 50.0. The minimum Gasteiger partial charge on any atom is -0.677 e. The average molecular weight is 579 g/mol. The van der Waals surface area contributed by atoms with Crippen molar-refractivity contribution in [2.24, 2.45) is 0 Å². The molecule has 0 aliphatic heterocycles. The van der Waals surface area contributed by atoms with Crippen LogP contribution in [0.3, 0.4) is 0 Å². The molecule has 0 aromatic heterocycles. The Morgan fingerprint density at radius 2 is 0.500 bits per heavy atom. The molecule has 0 spiro atoms. The van der Waals surface area contributed by atoms with E-state index >= 15 is 0 Å². The van der Waals surface area contributed by atoms with E-state index in [-0.39, 0.29) is 59.1 Å². The van der Waals surface area contributed by atoms with Gasteiger partial charge in [0.25, 0.3) is 0 Å². The van der Waals surface area contributed by atoms with Crippen LogP contribution in [0.5, 0.6) is 0 Å². The number of unbranched alkanes of at least 4 members (excludes halogenated alkanes) is 24. The molecule has 4 heteroatoms. The van der Waals surface area contributed by atoms with Gasteiger partial charge in [-0.1, -0.05) is 167 Å². The fraction of sp³-hybridized carbons (Fsp3) is 0.889. The minimum absolute atomic E-state index is 0. The molecule has 0 fully saturated rings. The van der Waals surface area contributed by atoms with Crippen LogP contribution in [0.2, 0.25) is 0 Å². The predicted molar refractivity (Wildman–Crippen MR) is 177 cm³/mol. The first-order valence-corrected chi connectivity index (χ1v) is 17.4. The first kappa shape index (κ1) is 48.3. The number of rotatable bonds is 30. The van der Waals surface area contributed by atoms with Crippen LogP contribution in [0.25, 0.3) is 11.5 Å². The van der Waals surface area contributed by atoms with Crippen molar-refractivity contribution < 1.29 is 59.1 Å². The predicted octanol–water partition coefficient (Wildman–Crippen LogP) is 8.16. The smallest absolute Gasteiger partial charge is 0.677 e. The average Bonchev–Trinajstić information content (AvgIpc) is 2.93. The molecule has 0 aromatic carbocycles. The summed E-state index contributed by atoms with van der Waals surface area (Å²) in [5.41, 5.74) is 14.1. The van der Waals surface area contributed by atoms with Gasteiger partial charge in [-0.2, -0.15) is 13.1 Å². The molecule has 0 saturated heterocycles. The molecule has 0 aromatic rings. The first-order valence-electron chi connectivity index (χ1n) is 17.4. The van der Waals surface area contributed by atoms with Crippen molar-refractivity contribution in [3.8, 4) is 0 Å². The second-order valence-electron chi connectivity index (χ2n) is 11.4. The van der Waals surface area contributed by atoms with Crippen molar-refractivity contribution in [1.82, 2.24) is 0 Å². The van der Waals surface area contributed by atoms with Crippen LogP contribution in [0.1, 0.15) is 194 Å². The molecule has 2 N–H and O–H groups in total. The summed E-state index contributed by atoms with van der Waals surface area (Å²) in [5, 5.41) is 0. The zero-order valence-electron chi connectivity index (χ0n) is 28.5. The van der Waals surface area contributed by atoms with E-state index in [1.165, 1.54) is 167 Å². The molecule has 0 saturated carbocycles. The zero-order valence-corrected chi connectivity index (χ0v) is 32.5. The minimum atomic E-state index is 0. The Kier molecular flexibility index (Phi) is 60.4. The van der Waals surface area contributed by atoms with E-state index in [9.17, 15) is 0 Å². The van der Waals surface area contributed by atoms with Gasteiger partial charge < -0.3 is 11.5 Å². The molecule has 0 heterocycles. The first-order chi connectivity index (χ1) is 18.8. The van der Waals surface area contributed by atoms with Crippen LogP contribution in [-0.2, 0) is 0 Å². The van der Waals surface area contributed by atoms with Crippen LogP contribution in [-0.4, -0.2) is 13.1 Å². The third-order valence-electron chi connectivity index (χ3n) is 7.38. The fourth-order valence-corrected chi connectivity index (χ4v) is 4.75. The third kappa shape index (κ3) is 52.1. The molecule has 40 heavy (non-hydrogen) atoms. The van der Waals surface area contributed by atoms with E-state index in [4.69, 9.17) is 11.5 Å². The van der Waals surface area contributed by atoms with Crippen LogP contribution in [0.4, 0.5) is 0 Å². The molecule has 0 rings (SSSR count). The van der Waals surface area contributed by atoms with Gasteiger partial charge in [0, 0.05) is 0 Å². The van der Waals surface area contributed by atoms with E-state index < -0.39 is 0 Å². The quantitative estimate of drug-likeness (QED) is 0.0469. The summed E-state index contributed by atoms with van der Waals surface area (Å²) < 4.78 is 0. The van der Waals surface area contributed by atoms with Gasteiger partial charge in [-0.25, -0.2) is 0 Å². The fourth-order valence-electron chi connectivity index (χ4n) is 4.75.